The molecule has 0 aromatic heterocycles. The Morgan fingerprint density at radius 1 is 1.38 bits per heavy atom. The zero-order valence-electron chi connectivity index (χ0n) is 8.96. The summed E-state index contributed by atoms with van der Waals surface area (Å²) in [6.45, 7) is 1.51. The molecule has 16 heavy (non-hydrogen) atoms. The van der Waals surface area contributed by atoms with Crippen LogP contribution in [0.5, 0.6) is 0 Å². The second-order valence-corrected chi connectivity index (χ2v) is 4.91. The van der Waals surface area contributed by atoms with Crippen molar-refractivity contribution >= 4 is 15.9 Å². The summed E-state index contributed by atoms with van der Waals surface area (Å²) in [5.41, 5.74) is 7.04. The molecule has 1 atom stereocenters. The van der Waals surface area contributed by atoms with Gasteiger partial charge in [-0.25, -0.2) is 4.39 Å². The van der Waals surface area contributed by atoms with Gasteiger partial charge in [0.25, 0.3) is 0 Å². The summed E-state index contributed by atoms with van der Waals surface area (Å²) in [5.74, 6) is 0.131. The summed E-state index contributed by atoms with van der Waals surface area (Å²) in [4.78, 5) is 0. The third kappa shape index (κ3) is 2.44. The third-order valence-electron chi connectivity index (χ3n) is 3.11. The topological polar surface area (TPSA) is 35.2 Å². The Morgan fingerprint density at radius 2 is 2.06 bits per heavy atom. The number of nitrogens with two attached hydrogens (primary N) is 1. The number of hydrogen-bond acceptors (Lipinski definition) is 2. The van der Waals surface area contributed by atoms with Crippen LogP contribution in [-0.2, 0) is 4.74 Å². The zero-order valence-corrected chi connectivity index (χ0v) is 10.5. The van der Waals surface area contributed by atoms with Gasteiger partial charge in [0.1, 0.15) is 5.82 Å². The minimum Gasteiger partial charge on any atom is -0.381 e. The molecule has 0 unspecified atom stereocenters. The van der Waals surface area contributed by atoms with Crippen LogP contribution in [0.3, 0.4) is 0 Å². The van der Waals surface area contributed by atoms with Crippen LogP contribution in [0.2, 0.25) is 0 Å². The molecule has 1 saturated heterocycles. The van der Waals surface area contributed by atoms with Gasteiger partial charge in [-0.3, -0.25) is 0 Å². The first kappa shape index (κ1) is 12.0. The normalized spacial score (nSPS) is 19.7. The van der Waals surface area contributed by atoms with Gasteiger partial charge < -0.3 is 10.5 Å². The van der Waals surface area contributed by atoms with Gasteiger partial charge in [0.2, 0.25) is 0 Å². The lowest BCUT2D eigenvalue weighted by atomic mass is 9.88. The molecule has 0 aliphatic carbocycles. The van der Waals surface area contributed by atoms with Crippen molar-refractivity contribution in [2.24, 2.45) is 11.7 Å². The fraction of sp³-hybridized carbons (Fsp3) is 0.500. The van der Waals surface area contributed by atoms with Gasteiger partial charge in [0, 0.05) is 19.3 Å². The van der Waals surface area contributed by atoms with Crippen LogP contribution in [-0.4, -0.2) is 13.2 Å². The minimum absolute atomic E-state index is 0.117. The van der Waals surface area contributed by atoms with Crippen molar-refractivity contribution in [1.29, 1.82) is 0 Å². The number of hydrogen-bond donors (Lipinski definition) is 1. The molecule has 1 aromatic rings. The molecule has 1 aliphatic heterocycles. The van der Waals surface area contributed by atoms with Crippen molar-refractivity contribution in [2.45, 2.75) is 18.9 Å². The van der Waals surface area contributed by atoms with E-state index >= 15 is 0 Å². The molecule has 2 N–H and O–H groups in total. The molecule has 1 fully saturated rings. The van der Waals surface area contributed by atoms with Gasteiger partial charge in [0.15, 0.2) is 0 Å². The third-order valence-corrected chi connectivity index (χ3v) is 3.95. The summed E-state index contributed by atoms with van der Waals surface area (Å²) in [6.07, 6.45) is 1.90. The van der Waals surface area contributed by atoms with Crippen molar-refractivity contribution < 1.29 is 9.13 Å². The maximum atomic E-state index is 13.4. The average Bonchev–Trinajstić information content (AvgIpc) is 2.33. The fourth-order valence-electron chi connectivity index (χ4n) is 2.11. The number of ether oxygens (including phenoxy) is 1. The molecule has 1 heterocycles. The monoisotopic (exact) mass is 287 g/mol. The largest absolute Gasteiger partial charge is 0.381 e. The summed E-state index contributed by atoms with van der Waals surface area (Å²) < 4.78 is 19.2. The smallest absolute Gasteiger partial charge is 0.137 e. The molecule has 0 amide bonds. The molecule has 1 aromatic carbocycles. The van der Waals surface area contributed by atoms with Gasteiger partial charge in [-0.2, -0.15) is 0 Å². The lowest BCUT2D eigenvalue weighted by Crippen LogP contribution is -2.27. The summed E-state index contributed by atoms with van der Waals surface area (Å²) in [7, 11) is 0. The Balaban J connectivity index is 2.19. The van der Waals surface area contributed by atoms with Gasteiger partial charge >= 0.3 is 0 Å². The highest BCUT2D eigenvalue weighted by atomic mass is 79.9. The first-order chi connectivity index (χ1) is 7.70. The Hall–Kier alpha value is -0.450. The molecule has 0 saturated carbocycles. The van der Waals surface area contributed by atoms with Gasteiger partial charge in [0.05, 0.1) is 4.47 Å². The molecule has 4 heteroatoms. The van der Waals surface area contributed by atoms with E-state index in [1.807, 2.05) is 6.07 Å². The number of halogens is 2. The highest BCUT2D eigenvalue weighted by molar-refractivity contribution is 9.10. The highest BCUT2D eigenvalue weighted by Gasteiger charge is 2.24. The molecule has 0 bridgehead atoms. The van der Waals surface area contributed by atoms with Crippen LogP contribution in [0, 0.1) is 11.7 Å². The Labute approximate surface area is 103 Å². The predicted molar refractivity (Wildman–Crippen MR) is 64.6 cm³/mol. The van der Waals surface area contributed by atoms with Gasteiger partial charge in [-0.05, 0) is 46.3 Å². The zero-order chi connectivity index (χ0) is 11.5. The van der Waals surface area contributed by atoms with Crippen LogP contribution in [0.25, 0.3) is 0 Å². The Kier molecular flexibility index (Phi) is 3.95. The van der Waals surface area contributed by atoms with Gasteiger partial charge in [-0.15, -0.1) is 0 Å². The molecular weight excluding hydrogens is 273 g/mol. The molecular formula is C12H15BrFNO. The molecule has 2 rings (SSSR count). The van der Waals surface area contributed by atoms with Crippen LogP contribution in [0.15, 0.2) is 22.7 Å². The number of benzene rings is 1. The Bertz CT molecular complexity index is 366. The lowest BCUT2D eigenvalue weighted by Gasteiger charge is -2.28. The van der Waals surface area contributed by atoms with Crippen molar-refractivity contribution in [3.63, 3.8) is 0 Å². The van der Waals surface area contributed by atoms with E-state index in [1.54, 1.807) is 6.07 Å². The van der Waals surface area contributed by atoms with Crippen LogP contribution in [0.1, 0.15) is 24.4 Å². The number of rotatable bonds is 2. The van der Waals surface area contributed by atoms with Crippen molar-refractivity contribution in [3.05, 3.63) is 34.1 Å². The second kappa shape index (κ2) is 5.25. The fourth-order valence-corrected chi connectivity index (χ4v) is 2.64. The van der Waals surface area contributed by atoms with Gasteiger partial charge in [-0.1, -0.05) is 12.1 Å². The molecule has 2 nitrogen and oxygen atoms in total. The van der Waals surface area contributed by atoms with E-state index in [9.17, 15) is 4.39 Å². The highest BCUT2D eigenvalue weighted by Crippen LogP contribution is 2.33. The van der Waals surface area contributed by atoms with E-state index in [0.29, 0.717) is 10.4 Å². The maximum absolute atomic E-state index is 13.4. The minimum atomic E-state index is -0.250. The second-order valence-electron chi connectivity index (χ2n) is 4.12. The van der Waals surface area contributed by atoms with E-state index in [2.05, 4.69) is 15.9 Å². The summed E-state index contributed by atoms with van der Waals surface area (Å²) in [5, 5.41) is 0. The maximum Gasteiger partial charge on any atom is 0.137 e. The average molecular weight is 288 g/mol. The molecule has 88 valence electrons. The first-order valence-corrected chi connectivity index (χ1v) is 6.26. The van der Waals surface area contributed by atoms with Crippen LogP contribution < -0.4 is 5.73 Å². The summed E-state index contributed by atoms with van der Waals surface area (Å²) >= 11 is 3.26. The van der Waals surface area contributed by atoms with E-state index in [1.165, 1.54) is 6.07 Å². The van der Waals surface area contributed by atoms with Crippen molar-refractivity contribution in [1.82, 2.24) is 0 Å². The quantitative estimate of drug-likeness (QED) is 0.908. The summed E-state index contributed by atoms with van der Waals surface area (Å²) in [6, 6.07) is 4.90. The first-order valence-electron chi connectivity index (χ1n) is 5.47. The Morgan fingerprint density at radius 3 is 2.75 bits per heavy atom. The van der Waals surface area contributed by atoms with Crippen molar-refractivity contribution in [3.8, 4) is 0 Å². The van der Waals surface area contributed by atoms with E-state index < -0.39 is 0 Å². The van der Waals surface area contributed by atoms with E-state index in [-0.39, 0.29) is 11.9 Å². The van der Waals surface area contributed by atoms with Crippen LogP contribution in [0.4, 0.5) is 4.39 Å². The standard InChI is InChI=1S/C12H15BrFNO/c13-11-9(2-1-3-10(11)14)12(15)8-4-6-16-7-5-8/h1-3,8,12H,4-7,15H2/t12-/m1/s1. The molecule has 0 spiro atoms. The van der Waals surface area contributed by atoms with E-state index in [4.69, 9.17) is 10.5 Å². The van der Waals surface area contributed by atoms with E-state index in [0.717, 1.165) is 31.6 Å². The molecule has 0 radical (unpaired) electrons. The van der Waals surface area contributed by atoms with Crippen molar-refractivity contribution in [2.75, 3.05) is 13.2 Å². The molecule has 1 aliphatic rings. The predicted octanol–water partition coefficient (Wildman–Crippen LogP) is 3.01. The SMILES string of the molecule is N[C@@H](c1cccc(F)c1Br)C1CCOCC1. The van der Waals surface area contributed by atoms with Crippen LogP contribution >= 0.6 is 15.9 Å². The lowest BCUT2D eigenvalue weighted by molar-refractivity contribution is 0.0583.